The lowest BCUT2D eigenvalue weighted by atomic mass is 9.88. The number of carboxylic acids is 1. The third-order valence-corrected chi connectivity index (χ3v) is 4.18. The molecule has 2 aliphatic rings. The lowest BCUT2D eigenvalue weighted by Crippen LogP contribution is -2.25. The number of rotatable bonds is 4. The van der Waals surface area contributed by atoms with Crippen molar-refractivity contribution in [2.75, 3.05) is 12.3 Å². The number of aliphatic carboxylic acids is 1. The minimum Gasteiger partial charge on any atom is -0.476 e. The van der Waals surface area contributed by atoms with E-state index in [0.29, 0.717) is 6.54 Å². The van der Waals surface area contributed by atoms with E-state index in [-0.39, 0.29) is 17.0 Å². The van der Waals surface area contributed by atoms with Gasteiger partial charge in [0.2, 0.25) is 0 Å². The van der Waals surface area contributed by atoms with Gasteiger partial charge in [0.1, 0.15) is 0 Å². The molecule has 1 atom stereocenters. The van der Waals surface area contributed by atoms with E-state index in [1.165, 1.54) is 11.8 Å². The van der Waals surface area contributed by atoms with Crippen LogP contribution in [0.15, 0.2) is 16.0 Å². The van der Waals surface area contributed by atoms with Gasteiger partial charge in [-0.1, -0.05) is 13.0 Å². The van der Waals surface area contributed by atoms with Crippen molar-refractivity contribution in [2.24, 2.45) is 16.3 Å². The molecule has 0 aromatic rings. The van der Waals surface area contributed by atoms with Crippen LogP contribution in [-0.2, 0) is 4.79 Å². The molecule has 0 aromatic heterocycles. The Bertz CT molecular complexity index is 444. The zero-order valence-corrected chi connectivity index (χ0v) is 10.5. The van der Waals surface area contributed by atoms with Gasteiger partial charge in [-0.25, -0.2) is 4.79 Å². The second kappa shape index (κ2) is 4.53. The molecule has 1 unspecified atom stereocenters. The summed E-state index contributed by atoms with van der Waals surface area (Å²) in [4.78, 5) is 15.9. The molecule has 1 aliphatic heterocycles. The molecule has 1 N–H and O–H groups in total. The fourth-order valence-corrected chi connectivity index (χ4v) is 2.92. The van der Waals surface area contributed by atoms with Gasteiger partial charge in [-0.15, -0.1) is 11.8 Å². The van der Waals surface area contributed by atoms with Crippen molar-refractivity contribution in [2.45, 2.75) is 19.8 Å². The zero-order chi connectivity index (χ0) is 12.5. The molecule has 17 heavy (non-hydrogen) atoms. The Kier molecular flexibility index (Phi) is 3.25. The number of carboxylic acid groups (broad SMARTS) is 1. The van der Waals surface area contributed by atoms with Crippen LogP contribution in [0.3, 0.4) is 0 Å². The van der Waals surface area contributed by atoms with Gasteiger partial charge in [0.25, 0.3) is 0 Å². The Morgan fingerprint density at radius 3 is 2.94 bits per heavy atom. The van der Waals surface area contributed by atoms with E-state index in [0.717, 1.165) is 23.5 Å². The van der Waals surface area contributed by atoms with Gasteiger partial charge >= 0.3 is 5.97 Å². The van der Waals surface area contributed by atoms with Crippen LogP contribution < -0.4 is 0 Å². The van der Waals surface area contributed by atoms with Crippen LogP contribution in [-0.4, -0.2) is 29.1 Å². The summed E-state index contributed by atoms with van der Waals surface area (Å²) in [5.74, 6) is -0.0770. The highest BCUT2D eigenvalue weighted by molar-refractivity contribution is 8.04. The second-order valence-corrected chi connectivity index (χ2v) is 5.64. The summed E-state index contributed by atoms with van der Waals surface area (Å²) in [6.07, 6.45) is 3.76. The molecule has 5 heteroatoms. The topological polar surface area (TPSA) is 73.5 Å². The average molecular weight is 250 g/mol. The molecule has 0 aromatic carbocycles. The second-order valence-electron chi connectivity index (χ2n) is 4.33. The molecule has 0 bridgehead atoms. The van der Waals surface area contributed by atoms with Gasteiger partial charge in [-0.2, -0.15) is 5.26 Å². The minimum atomic E-state index is -0.975. The zero-order valence-electron chi connectivity index (χ0n) is 9.64. The van der Waals surface area contributed by atoms with Crippen LogP contribution in [0.2, 0.25) is 0 Å². The number of dihydropyridines is 1. The predicted octanol–water partition coefficient (Wildman–Crippen LogP) is 2.08. The lowest BCUT2D eigenvalue weighted by Gasteiger charge is -2.22. The van der Waals surface area contributed by atoms with E-state index < -0.39 is 5.97 Å². The summed E-state index contributed by atoms with van der Waals surface area (Å²) < 4.78 is 0. The standard InChI is InChI=1S/C12H14N2O2S/c1-2-17-9-5-8(12(7-13)3-4-12)6-14-10(9)11(15)16/h5,8H,2-4,6H2,1H3,(H,15,16). The van der Waals surface area contributed by atoms with Crippen LogP contribution in [0.5, 0.6) is 0 Å². The quantitative estimate of drug-likeness (QED) is 0.829. The van der Waals surface area contributed by atoms with Crippen molar-refractivity contribution in [3.05, 3.63) is 11.0 Å². The number of hydrogen-bond donors (Lipinski definition) is 1. The Balaban J connectivity index is 2.23. The normalized spacial score (nSPS) is 25.5. The highest BCUT2D eigenvalue weighted by atomic mass is 32.2. The van der Waals surface area contributed by atoms with Gasteiger partial charge in [0.15, 0.2) is 5.71 Å². The van der Waals surface area contributed by atoms with Crippen LogP contribution in [0, 0.1) is 22.7 Å². The molecule has 1 fully saturated rings. The fraction of sp³-hybridized carbons (Fsp3) is 0.583. The number of nitriles is 1. The third-order valence-electron chi connectivity index (χ3n) is 3.26. The van der Waals surface area contributed by atoms with Crippen molar-refractivity contribution in [3.63, 3.8) is 0 Å². The first-order chi connectivity index (χ1) is 8.13. The summed E-state index contributed by atoms with van der Waals surface area (Å²) >= 11 is 1.49. The molecule has 90 valence electrons. The summed E-state index contributed by atoms with van der Waals surface area (Å²) in [5.41, 5.74) is -0.116. The Morgan fingerprint density at radius 2 is 2.47 bits per heavy atom. The van der Waals surface area contributed by atoms with E-state index in [9.17, 15) is 4.79 Å². The van der Waals surface area contributed by atoms with Crippen LogP contribution in [0.1, 0.15) is 19.8 Å². The Hall–Kier alpha value is -1.28. The molecular formula is C12H14N2O2S. The maximum absolute atomic E-state index is 11.0. The molecule has 4 nitrogen and oxygen atoms in total. The molecule has 0 saturated heterocycles. The number of carbonyl (C=O) groups is 1. The van der Waals surface area contributed by atoms with Crippen LogP contribution in [0.4, 0.5) is 0 Å². The Labute approximate surface area is 104 Å². The van der Waals surface area contributed by atoms with E-state index >= 15 is 0 Å². The van der Waals surface area contributed by atoms with Crippen LogP contribution >= 0.6 is 11.8 Å². The first-order valence-corrected chi connectivity index (χ1v) is 6.65. The van der Waals surface area contributed by atoms with Gasteiger partial charge in [0, 0.05) is 17.4 Å². The van der Waals surface area contributed by atoms with Gasteiger partial charge in [0.05, 0.1) is 11.5 Å². The van der Waals surface area contributed by atoms with Crippen molar-refractivity contribution in [3.8, 4) is 6.07 Å². The molecule has 1 saturated carbocycles. The molecular weight excluding hydrogens is 236 g/mol. The van der Waals surface area contributed by atoms with E-state index in [2.05, 4.69) is 11.1 Å². The number of nitrogens with zero attached hydrogens (tertiary/aromatic N) is 2. The SMILES string of the molecule is CCSC1=CC(C2(C#N)CC2)CN=C1C(=O)O. The van der Waals surface area contributed by atoms with Crippen molar-refractivity contribution < 1.29 is 9.90 Å². The van der Waals surface area contributed by atoms with Crippen LogP contribution in [0.25, 0.3) is 0 Å². The summed E-state index contributed by atoms with van der Waals surface area (Å²) in [5, 5.41) is 18.2. The number of hydrogen-bond acceptors (Lipinski definition) is 4. The predicted molar refractivity (Wildman–Crippen MR) is 66.9 cm³/mol. The largest absolute Gasteiger partial charge is 0.476 e. The van der Waals surface area contributed by atoms with Gasteiger partial charge in [-0.05, 0) is 18.6 Å². The fourth-order valence-electron chi connectivity index (χ4n) is 2.06. The van der Waals surface area contributed by atoms with Crippen molar-refractivity contribution >= 4 is 23.4 Å². The number of aliphatic imine (C=N–C) groups is 1. The first kappa shape index (κ1) is 12.2. The molecule has 0 spiro atoms. The maximum atomic E-state index is 11.0. The average Bonchev–Trinajstić information content (AvgIpc) is 3.10. The van der Waals surface area contributed by atoms with Gasteiger partial charge in [-0.3, -0.25) is 4.99 Å². The summed E-state index contributed by atoms with van der Waals surface area (Å²) in [6.45, 7) is 2.41. The molecule has 0 radical (unpaired) electrons. The third kappa shape index (κ3) is 2.22. The number of thioether (sulfide) groups is 1. The maximum Gasteiger partial charge on any atom is 0.355 e. The minimum absolute atomic E-state index is 0.0876. The molecule has 1 aliphatic carbocycles. The van der Waals surface area contributed by atoms with Crippen molar-refractivity contribution in [1.29, 1.82) is 5.26 Å². The van der Waals surface area contributed by atoms with E-state index in [4.69, 9.17) is 10.4 Å². The van der Waals surface area contributed by atoms with E-state index in [1.807, 2.05) is 13.0 Å². The van der Waals surface area contributed by atoms with E-state index in [1.54, 1.807) is 0 Å². The molecule has 1 heterocycles. The first-order valence-electron chi connectivity index (χ1n) is 5.67. The highest BCUT2D eigenvalue weighted by Crippen LogP contribution is 2.53. The van der Waals surface area contributed by atoms with Gasteiger partial charge < -0.3 is 5.11 Å². The molecule has 0 amide bonds. The lowest BCUT2D eigenvalue weighted by molar-refractivity contribution is -0.129. The smallest absolute Gasteiger partial charge is 0.355 e. The molecule has 2 rings (SSSR count). The highest BCUT2D eigenvalue weighted by Gasteiger charge is 2.50. The summed E-state index contributed by atoms with van der Waals surface area (Å²) in [7, 11) is 0. The van der Waals surface area contributed by atoms with Crippen molar-refractivity contribution in [1.82, 2.24) is 0 Å². The summed E-state index contributed by atoms with van der Waals surface area (Å²) in [6, 6.07) is 2.36. The monoisotopic (exact) mass is 250 g/mol. The Morgan fingerprint density at radius 1 is 1.76 bits per heavy atom.